The number of ether oxygens (including phenoxy) is 1. The standard InChI is InChI=1S/C12H25NO/c1-11(2,3)6-7-12(13)5-4-9-14-10-8-12/h4-10,13H2,1-3H3. The molecule has 1 unspecified atom stereocenters. The third-order valence-electron chi connectivity index (χ3n) is 3.08. The fourth-order valence-electron chi connectivity index (χ4n) is 1.90. The molecule has 0 aliphatic carbocycles. The zero-order valence-electron chi connectivity index (χ0n) is 9.94. The largest absolute Gasteiger partial charge is 0.381 e. The Hall–Kier alpha value is -0.0800. The highest BCUT2D eigenvalue weighted by Crippen LogP contribution is 2.29. The molecule has 1 aliphatic rings. The Morgan fingerprint density at radius 1 is 1.21 bits per heavy atom. The van der Waals surface area contributed by atoms with E-state index in [1.54, 1.807) is 0 Å². The average Bonchev–Trinajstić information content (AvgIpc) is 2.27. The summed E-state index contributed by atoms with van der Waals surface area (Å²) in [5, 5.41) is 0. The molecular formula is C12H25NO. The molecule has 0 bridgehead atoms. The maximum atomic E-state index is 6.39. The zero-order chi connectivity index (χ0) is 10.7. The van der Waals surface area contributed by atoms with E-state index < -0.39 is 0 Å². The Labute approximate surface area is 88.2 Å². The van der Waals surface area contributed by atoms with Crippen LogP contribution >= 0.6 is 0 Å². The van der Waals surface area contributed by atoms with Crippen LogP contribution in [0.15, 0.2) is 0 Å². The van der Waals surface area contributed by atoms with Crippen molar-refractivity contribution in [1.82, 2.24) is 0 Å². The van der Waals surface area contributed by atoms with Crippen molar-refractivity contribution in [2.75, 3.05) is 13.2 Å². The van der Waals surface area contributed by atoms with E-state index >= 15 is 0 Å². The lowest BCUT2D eigenvalue weighted by molar-refractivity contribution is 0.137. The number of hydrogen-bond acceptors (Lipinski definition) is 2. The van der Waals surface area contributed by atoms with Gasteiger partial charge in [-0.05, 0) is 37.5 Å². The summed E-state index contributed by atoms with van der Waals surface area (Å²) in [7, 11) is 0. The maximum Gasteiger partial charge on any atom is 0.0483 e. The van der Waals surface area contributed by atoms with E-state index in [2.05, 4.69) is 20.8 Å². The first-order valence-corrected chi connectivity index (χ1v) is 5.78. The molecule has 0 spiro atoms. The predicted molar refractivity (Wildman–Crippen MR) is 60.3 cm³/mol. The highest BCUT2D eigenvalue weighted by atomic mass is 16.5. The minimum atomic E-state index is 0.0454. The van der Waals surface area contributed by atoms with Crippen LogP contribution in [0.5, 0.6) is 0 Å². The molecular weight excluding hydrogens is 174 g/mol. The van der Waals surface area contributed by atoms with Crippen molar-refractivity contribution in [3.8, 4) is 0 Å². The van der Waals surface area contributed by atoms with Crippen LogP contribution in [-0.2, 0) is 4.74 Å². The summed E-state index contributed by atoms with van der Waals surface area (Å²) >= 11 is 0. The Morgan fingerprint density at radius 3 is 2.57 bits per heavy atom. The van der Waals surface area contributed by atoms with Crippen LogP contribution < -0.4 is 5.73 Å². The van der Waals surface area contributed by atoms with Gasteiger partial charge >= 0.3 is 0 Å². The van der Waals surface area contributed by atoms with Gasteiger partial charge in [-0.15, -0.1) is 0 Å². The molecule has 2 nitrogen and oxygen atoms in total. The lowest BCUT2D eigenvalue weighted by Crippen LogP contribution is -2.40. The SMILES string of the molecule is CC(C)(C)CCC1(N)CCCOCC1. The molecule has 2 N–H and O–H groups in total. The first-order chi connectivity index (χ1) is 6.41. The van der Waals surface area contributed by atoms with Crippen molar-refractivity contribution in [3.05, 3.63) is 0 Å². The molecule has 0 aromatic heterocycles. The van der Waals surface area contributed by atoms with E-state index in [0.29, 0.717) is 5.41 Å². The summed E-state index contributed by atoms with van der Waals surface area (Å²) in [5.74, 6) is 0. The molecule has 1 saturated heterocycles. The molecule has 1 atom stereocenters. The molecule has 0 aromatic rings. The molecule has 1 fully saturated rings. The molecule has 14 heavy (non-hydrogen) atoms. The summed E-state index contributed by atoms with van der Waals surface area (Å²) < 4.78 is 5.44. The fraction of sp³-hybridized carbons (Fsp3) is 1.00. The van der Waals surface area contributed by atoms with Crippen molar-refractivity contribution < 1.29 is 4.74 Å². The minimum absolute atomic E-state index is 0.0454. The van der Waals surface area contributed by atoms with Gasteiger partial charge in [0, 0.05) is 18.8 Å². The normalized spacial score (nSPS) is 30.0. The summed E-state index contributed by atoms with van der Waals surface area (Å²) in [6.07, 6.45) is 5.64. The second-order valence-electron chi connectivity index (χ2n) is 5.89. The van der Waals surface area contributed by atoms with Crippen LogP contribution in [0.4, 0.5) is 0 Å². The Bertz CT molecular complexity index is 164. The molecule has 0 amide bonds. The first kappa shape index (κ1) is 12.0. The van der Waals surface area contributed by atoms with Gasteiger partial charge in [-0.1, -0.05) is 20.8 Å². The van der Waals surface area contributed by atoms with Crippen molar-refractivity contribution in [2.45, 2.75) is 58.4 Å². The lowest BCUT2D eigenvalue weighted by atomic mass is 9.80. The molecule has 84 valence electrons. The molecule has 0 saturated carbocycles. The summed E-state index contributed by atoms with van der Waals surface area (Å²) in [6, 6.07) is 0. The molecule has 1 aliphatic heterocycles. The van der Waals surface area contributed by atoms with Gasteiger partial charge in [-0.3, -0.25) is 0 Å². The van der Waals surface area contributed by atoms with Crippen LogP contribution in [0.25, 0.3) is 0 Å². The first-order valence-electron chi connectivity index (χ1n) is 5.78. The molecule has 0 radical (unpaired) electrons. The number of rotatable bonds is 2. The Balaban J connectivity index is 2.39. The van der Waals surface area contributed by atoms with Crippen molar-refractivity contribution in [1.29, 1.82) is 0 Å². The third-order valence-corrected chi connectivity index (χ3v) is 3.08. The van der Waals surface area contributed by atoms with Crippen LogP contribution in [0.2, 0.25) is 0 Å². The third kappa shape index (κ3) is 4.43. The summed E-state index contributed by atoms with van der Waals surface area (Å²) in [6.45, 7) is 8.59. The van der Waals surface area contributed by atoms with Gasteiger partial charge in [0.1, 0.15) is 0 Å². The van der Waals surface area contributed by atoms with E-state index in [0.717, 1.165) is 38.9 Å². The monoisotopic (exact) mass is 199 g/mol. The van der Waals surface area contributed by atoms with E-state index in [-0.39, 0.29) is 5.54 Å². The topological polar surface area (TPSA) is 35.2 Å². The number of nitrogens with two attached hydrogens (primary N) is 1. The fourth-order valence-corrected chi connectivity index (χ4v) is 1.90. The van der Waals surface area contributed by atoms with E-state index in [1.807, 2.05) is 0 Å². The quantitative estimate of drug-likeness (QED) is 0.742. The van der Waals surface area contributed by atoms with Gasteiger partial charge in [0.15, 0.2) is 0 Å². The second kappa shape index (κ2) is 4.63. The van der Waals surface area contributed by atoms with Gasteiger partial charge in [0.2, 0.25) is 0 Å². The van der Waals surface area contributed by atoms with E-state index in [9.17, 15) is 0 Å². The molecule has 1 rings (SSSR count). The summed E-state index contributed by atoms with van der Waals surface area (Å²) in [5.41, 5.74) is 6.83. The molecule has 2 heteroatoms. The van der Waals surface area contributed by atoms with Crippen molar-refractivity contribution >= 4 is 0 Å². The van der Waals surface area contributed by atoms with Crippen LogP contribution in [0.3, 0.4) is 0 Å². The molecule has 0 aromatic carbocycles. The Kier molecular flexibility index (Phi) is 3.96. The van der Waals surface area contributed by atoms with Gasteiger partial charge in [-0.25, -0.2) is 0 Å². The number of hydrogen-bond donors (Lipinski definition) is 1. The zero-order valence-corrected chi connectivity index (χ0v) is 9.94. The van der Waals surface area contributed by atoms with Gasteiger partial charge in [0.05, 0.1) is 0 Å². The van der Waals surface area contributed by atoms with Gasteiger partial charge < -0.3 is 10.5 Å². The van der Waals surface area contributed by atoms with Gasteiger partial charge in [0.25, 0.3) is 0 Å². The smallest absolute Gasteiger partial charge is 0.0483 e. The highest BCUT2D eigenvalue weighted by Gasteiger charge is 2.27. The average molecular weight is 199 g/mol. The maximum absolute atomic E-state index is 6.39. The van der Waals surface area contributed by atoms with E-state index in [1.165, 1.54) is 6.42 Å². The predicted octanol–water partition coefficient (Wildman–Crippen LogP) is 2.71. The van der Waals surface area contributed by atoms with E-state index in [4.69, 9.17) is 10.5 Å². The van der Waals surface area contributed by atoms with Crippen LogP contribution in [0, 0.1) is 5.41 Å². The van der Waals surface area contributed by atoms with Gasteiger partial charge in [-0.2, -0.15) is 0 Å². The minimum Gasteiger partial charge on any atom is -0.381 e. The van der Waals surface area contributed by atoms with Crippen molar-refractivity contribution in [3.63, 3.8) is 0 Å². The Morgan fingerprint density at radius 2 is 1.93 bits per heavy atom. The second-order valence-corrected chi connectivity index (χ2v) is 5.89. The molecule has 1 heterocycles. The summed E-state index contributed by atoms with van der Waals surface area (Å²) in [4.78, 5) is 0. The van der Waals surface area contributed by atoms with Crippen LogP contribution in [-0.4, -0.2) is 18.8 Å². The van der Waals surface area contributed by atoms with Crippen LogP contribution in [0.1, 0.15) is 52.9 Å². The lowest BCUT2D eigenvalue weighted by Gasteiger charge is -2.31. The highest BCUT2D eigenvalue weighted by molar-refractivity contribution is 4.86. The van der Waals surface area contributed by atoms with Crippen molar-refractivity contribution in [2.24, 2.45) is 11.1 Å².